The lowest BCUT2D eigenvalue weighted by molar-refractivity contribution is 0.381. The monoisotopic (exact) mass is 303 g/mol. The molecule has 0 aliphatic heterocycles. The van der Waals surface area contributed by atoms with Crippen molar-refractivity contribution in [1.29, 1.82) is 0 Å². The fourth-order valence-electron chi connectivity index (χ4n) is 1.81. The molecular weight excluding hydrogens is 296 g/mol. The third kappa shape index (κ3) is 2.49. The van der Waals surface area contributed by atoms with Crippen molar-refractivity contribution < 1.29 is 32.0 Å². The first kappa shape index (κ1) is 15.4. The Kier molecular flexibility index (Phi) is 3.97. The Labute approximate surface area is 115 Å². The van der Waals surface area contributed by atoms with E-state index >= 15 is 0 Å². The molecule has 2 rings (SSSR count). The van der Waals surface area contributed by atoms with Crippen LogP contribution in [0, 0.1) is 36.0 Å². The van der Waals surface area contributed by atoms with Crippen LogP contribution in [0.25, 0.3) is 11.3 Å². The number of aromatic nitrogens is 1. The van der Waals surface area contributed by atoms with E-state index in [4.69, 9.17) is 10.0 Å². The highest BCUT2D eigenvalue weighted by Gasteiger charge is 2.27. The minimum atomic E-state index is -2.26. The van der Waals surface area contributed by atoms with Gasteiger partial charge in [0.15, 0.2) is 23.3 Å². The van der Waals surface area contributed by atoms with Crippen molar-refractivity contribution in [1.82, 2.24) is 4.98 Å². The summed E-state index contributed by atoms with van der Waals surface area (Å²) in [5, 5.41) is 18.0. The van der Waals surface area contributed by atoms with E-state index in [2.05, 4.69) is 4.98 Å². The summed E-state index contributed by atoms with van der Waals surface area (Å²) in [6.07, 6.45) is 0. The Morgan fingerprint density at radius 3 is 1.76 bits per heavy atom. The van der Waals surface area contributed by atoms with E-state index in [0.29, 0.717) is 0 Å². The Morgan fingerprint density at radius 1 is 0.857 bits per heavy atom. The predicted octanol–water partition coefficient (Wildman–Crippen LogP) is 1.43. The molecule has 0 aliphatic carbocycles. The van der Waals surface area contributed by atoms with Crippen LogP contribution >= 0.6 is 0 Å². The van der Waals surface area contributed by atoms with Gasteiger partial charge in [0, 0.05) is 11.2 Å². The van der Waals surface area contributed by atoms with Crippen molar-refractivity contribution in [2.24, 2.45) is 0 Å². The molecule has 0 saturated carbocycles. The summed E-state index contributed by atoms with van der Waals surface area (Å²) in [5.74, 6) is -10.4. The molecular formula is C12H7BF5NO2. The van der Waals surface area contributed by atoms with Gasteiger partial charge in [0.05, 0.1) is 11.3 Å². The van der Waals surface area contributed by atoms with E-state index in [1.807, 2.05) is 0 Å². The molecule has 9 heteroatoms. The molecule has 0 aliphatic rings. The fraction of sp³-hybridized carbons (Fsp3) is 0.0833. The van der Waals surface area contributed by atoms with Crippen LogP contribution in [0.3, 0.4) is 0 Å². The van der Waals surface area contributed by atoms with E-state index in [1.54, 1.807) is 0 Å². The largest absolute Gasteiger partial charge is 0.490 e. The normalized spacial score (nSPS) is 10.9. The molecule has 110 valence electrons. The lowest BCUT2D eigenvalue weighted by atomic mass is 9.79. The van der Waals surface area contributed by atoms with E-state index in [9.17, 15) is 22.0 Å². The van der Waals surface area contributed by atoms with E-state index in [0.717, 1.165) is 12.1 Å². The van der Waals surface area contributed by atoms with Gasteiger partial charge in [-0.25, -0.2) is 22.0 Å². The second-order valence-electron chi connectivity index (χ2n) is 4.19. The molecule has 1 aromatic carbocycles. The van der Waals surface area contributed by atoms with Crippen LogP contribution in [0.5, 0.6) is 0 Å². The highest BCUT2D eigenvalue weighted by atomic mass is 19.2. The lowest BCUT2D eigenvalue weighted by Gasteiger charge is -2.10. The number of nitrogens with zero attached hydrogens (tertiary/aromatic N) is 1. The molecule has 0 unspecified atom stereocenters. The third-order valence-electron chi connectivity index (χ3n) is 2.87. The average molecular weight is 303 g/mol. The highest BCUT2D eigenvalue weighted by Crippen LogP contribution is 2.30. The molecule has 0 saturated heterocycles. The van der Waals surface area contributed by atoms with Gasteiger partial charge >= 0.3 is 7.12 Å². The number of aryl methyl sites for hydroxylation is 1. The number of hydrogen-bond donors (Lipinski definition) is 2. The molecule has 0 bridgehead atoms. The summed E-state index contributed by atoms with van der Waals surface area (Å²) >= 11 is 0. The van der Waals surface area contributed by atoms with Gasteiger partial charge in [-0.2, -0.15) is 0 Å². The summed E-state index contributed by atoms with van der Waals surface area (Å²) in [7, 11) is -1.87. The maximum absolute atomic E-state index is 13.6. The van der Waals surface area contributed by atoms with Crippen LogP contribution in [-0.4, -0.2) is 22.2 Å². The molecule has 1 aromatic heterocycles. The molecule has 2 aromatic rings. The van der Waals surface area contributed by atoms with E-state index in [1.165, 1.54) is 6.92 Å². The van der Waals surface area contributed by atoms with Crippen LogP contribution in [0.1, 0.15) is 5.69 Å². The van der Waals surface area contributed by atoms with Crippen LogP contribution < -0.4 is 5.46 Å². The SMILES string of the molecule is Cc1nc(-c2c(F)c(F)c(F)c(F)c2F)ccc1B(O)O. The molecule has 0 radical (unpaired) electrons. The molecule has 0 fully saturated rings. The number of pyridine rings is 1. The zero-order chi connectivity index (χ0) is 15.9. The summed E-state index contributed by atoms with van der Waals surface area (Å²) in [5.41, 5.74) is -1.76. The molecule has 2 N–H and O–H groups in total. The van der Waals surface area contributed by atoms with Crippen molar-refractivity contribution >= 4 is 12.6 Å². The van der Waals surface area contributed by atoms with Crippen molar-refractivity contribution in [3.8, 4) is 11.3 Å². The Morgan fingerprint density at radius 2 is 1.33 bits per heavy atom. The number of hydrogen-bond acceptors (Lipinski definition) is 3. The van der Waals surface area contributed by atoms with Crippen LogP contribution in [-0.2, 0) is 0 Å². The summed E-state index contributed by atoms with van der Waals surface area (Å²) in [4.78, 5) is 3.64. The van der Waals surface area contributed by atoms with Gasteiger partial charge in [-0.15, -0.1) is 0 Å². The number of benzene rings is 1. The second-order valence-corrected chi connectivity index (χ2v) is 4.19. The Bertz CT molecular complexity index is 694. The van der Waals surface area contributed by atoms with Crippen molar-refractivity contribution in [2.75, 3.05) is 0 Å². The summed E-state index contributed by atoms with van der Waals surface area (Å²) in [6, 6.07) is 2.00. The Balaban J connectivity index is 2.71. The van der Waals surface area contributed by atoms with Gasteiger partial charge in [-0.1, -0.05) is 6.07 Å². The van der Waals surface area contributed by atoms with E-state index in [-0.39, 0.29) is 11.2 Å². The lowest BCUT2D eigenvalue weighted by Crippen LogP contribution is -2.32. The van der Waals surface area contributed by atoms with Gasteiger partial charge in [0.25, 0.3) is 0 Å². The van der Waals surface area contributed by atoms with Crippen LogP contribution in [0.4, 0.5) is 22.0 Å². The van der Waals surface area contributed by atoms with Crippen LogP contribution in [0.15, 0.2) is 12.1 Å². The topological polar surface area (TPSA) is 53.4 Å². The zero-order valence-corrected chi connectivity index (χ0v) is 10.5. The van der Waals surface area contributed by atoms with Gasteiger partial charge in [0.2, 0.25) is 5.82 Å². The quantitative estimate of drug-likeness (QED) is 0.382. The number of rotatable bonds is 2. The maximum Gasteiger partial charge on any atom is 0.490 e. The summed E-state index contributed by atoms with van der Waals surface area (Å²) < 4.78 is 66.4. The molecule has 0 atom stereocenters. The maximum atomic E-state index is 13.6. The first-order chi connectivity index (χ1) is 9.75. The standard InChI is InChI=1S/C12H7BF5NO2/c1-4-5(13(20)21)2-3-6(19-4)7-8(14)10(16)12(18)11(17)9(7)15/h2-3,20-21H,1H3. The number of halogens is 5. The molecule has 21 heavy (non-hydrogen) atoms. The predicted molar refractivity (Wildman–Crippen MR) is 64.0 cm³/mol. The van der Waals surface area contributed by atoms with Gasteiger partial charge in [-0.3, -0.25) is 4.98 Å². The van der Waals surface area contributed by atoms with E-state index < -0.39 is 47.5 Å². The van der Waals surface area contributed by atoms with Gasteiger partial charge in [-0.05, 0) is 13.0 Å². The molecule has 1 heterocycles. The van der Waals surface area contributed by atoms with Gasteiger partial charge < -0.3 is 10.0 Å². The average Bonchev–Trinajstić information content (AvgIpc) is 2.43. The minimum absolute atomic E-state index is 0.0218. The highest BCUT2D eigenvalue weighted by molar-refractivity contribution is 6.59. The van der Waals surface area contributed by atoms with Gasteiger partial charge in [0.1, 0.15) is 0 Å². The summed E-state index contributed by atoms with van der Waals surface area (Å²) in [6.45, 7) is 1.30. The first-order valence-corrected chi connectivity index (χ1v) is 5.61. The second kappa shape index (κ2) is 5.42. The molecule has 0 spiro atoms. The molecule has 3 nitrogen and oxygen atoms in total. The van der Waals surface area contributed by atoms with Crippen molar-refractivity contribution in [3.05, 3.63) is 46.9 Å². The minimum Gasteiger partial charge on any atom is -0.423 e. The molecule has 0 amide bonds. The fourth-order valence-corrected chi connectivity index (χ4v) is 1.81. The smallest absolute Gasteiger partial charge is 0.423 e. The van der Waals surface area contributed by atoms with Crippen molar-refractivity contribution in [2.45, 2.75) is 6.92 Å². The zero-order valence-electron chi connectivity index (χ0n) is 10.5. The van der Waals surface area contributed by atoms with Crippen molar-refractivity contribution in [3.63, 3.8) is 0 Å². The van der Waals surface area contributed by atoms with Crippen LogP contribution in [0.2, 0.25) is 0 Å². The Hall–Kier alpha value is -2.00. The first-order valence-electron chi connectivity index (χ1n) is 5.61. The third-order valence-corrected chi connectivity index (χ3v) is 2.87.